The fraction of sp³-hybridized carbons (Fsp3) is 0.211. The number of esters is 1. The largest absolute Gasteiger partial charge is 0.459 e. The zero-order chi connectivity index (χ0) is 17.2. The lowest BCUT2D eigenvalue weighted by Crippen LogP contribution is -2.41. The lowest BCUT2D eigenvalue weighted by Gasteiger charge is -2.16. The number of nitrogens with one attached hydrogen (secondary N) is 1. The number of rotatable bonds is 7. The Hall–Kier alpha value is -2.82. The van der Waals surface area contributed by atoms with Crippen molar-refractivity contribution in [1.82, 2.24) is 5.32 Å². The van der Waals surface area contributed by atoms with Gasteiger partial charge in [0.05, 0.1) is 0 Å². The van der Waals surface area contributed by atoms with Crippen LogP contribution < -0.4 is 5.32 Å². The Morgan fingerprint density at radius 3 is 1.88 bits per heavy atom. The molecule has 1 amide bonds. The molecular weight excluding hydrogens is 306 g/mol. The van der Waals surface area contributed by atoms with Gasteiger partial charge in [-0.15, -0.1) is 0 Å². The van der Waals surface area contributed by atoms with E-state index in [9.17, 15) is 9.59 Å². The van der Waals surface area contributed by atoms with E-state index in [2.05, 4.69) is 12.2 Å². The first-order chi connectivity index (χ1) is 11.7. The summed E-state index contributed by atoms with van der Waals surface area (Å²) in [5.74, 6) is -0.537. The highest BCUT2D eigenvalue weighted by atomic mass is 16.6. The molecule has 1 atom stereocenters. The van der Waals surface area contributed by atoms with Gasteiger partial charge in [-0.1, -0.05) is 67.6 Å². The van der Waals surface area contributed by atoms with E-state index in [0.29, 0.717) is 0 Å². The summed E-state index contributed by atoms with van der Waals surface area (Å²) in [5, 5.41) is 2.47. The number of hydrogen-bond acceptors (Lipinski definition) is 4. The number of ether oxygens (including phenoxy) is 2. The first-order valence-corrected chi connectivity index (χ1v) is 7.66. The highest BCUT2D eigenvalue weighted by Gasteiger charge is 2.21. The molecule has 5 heteroatoms. The van der Waals surface area contributed by atoms with Crippen molar-refractivity contribution in [3.63, 3.8) is 0 Å². The van der Waals surface area contributed by atoms with Crippen molar-refractivity contribution in [3.8, 4) is 0 Å². The molecule has 2 aromatic carbocycles. The van der Waals surface area contributed by atoms with Crippen molar-refractivity contribution in [2.45, 2.75) is 25.7 Å². The molecule has 1 radical (unpaired) electrons. The fourth-order valence-electron chi connectivity index (χ4n) is 1.99. The van der Waals surface area contributed by atoms with Gasteiger partial charge >= 0.3 is 12.1 Å². The van der Waals surface area contributed by atoms with E-state index in [1.165, 1.54) is 0 Å². The summed E-state index contributed by atoms with van der Waals surface area (Å²) in [6, 6.07) is 17.8. The number of carbonyl (C=O) groups is 2. The van der Waals surface area contributed by atoms with Crippen LogP contribution in [0.15, 0.2) is 60.7 Å². The second-order valence-electron chi connectivity index (χ2n) is 5.14. The van der Waals surface area contributed by atoms with E-state index in [1.54, 1.807) is 0 Å². The quantitative estimate of drug-likeness (QED) is 0.793. The van der Waals surface area contributed by atoms with Crippen molar-refractivity contribution in [3.05, 3.63) is 78.7 Å². The third kappa shape index (κ3) is 5.76. The SMILES string of the molecule is [CH2]CC(NC(=O)OCc1ccccc1)C(=O)OCc1ccccc1. The summed E-state index contributed by atoms with van der Waals surface area (Å²) in [6.45, 7) is 3.95. The molecule has 0 bridgehead atoms. The van der Waals surface area contributed by atoms with Crippen LogP contribution in [0.3, 0.4) is 0 Å². The predicted molar refractivity (Wildman–Crippen MR) is 89.8 cm³/mol. The standard InChI is InChI=1S/C19H20NO4/c1-2-17(18(21)23-13-15-9-5-3-6-10-15)20-19(22)24-14-16-11-7-4-8-12-16/h3-12,17H,1-2,13-14H2,(H,20,22). The normalized spacial score (nSPS) is 11.4. The minimum Gasteiger partial charge on any atom is -0.459 e. The van der Waals surface area contributed by atoms with Gasteiger partial charge in [-0.3, -0.25) is 0 Å². The molecule has 0 aliphatic rings. The summed E-state index contributed by atoms with van der Waals surface area (Å²) in [6.07, 6.45) is -0.502. The van der Waals surface area contributed by atoms with E-state index >= 15 is 0 Å². The second-order valence-corrected chi connectivity index (χ2v) is 5.14. The lowest BCUT2D eigenvalue weighted by molar-refractivity contribution is -0.147. The summed E-state index contributed by atoms with van der Waals surface area (Å²) >= 11 is 0. The van der Waals surface area contributed by atoms with Crippen LogP contribution in [-0.4, -0.2) is 18.1 Å². The maximum atomic E-state index is 12.0. The Kier molecular flexibility index (Phi) is 6.83. The van der Waals surface area contributed by atoms with Crippen LogP contribution >= 0.6 is 0 Å². The van der Waals surface area contributed by atoms with Crippen LogP contribution in [0, 0.1) is 6.92 Å². The van der Waals surface area contributed by atoms with Crippen molar-refractivity contribution in [1.29, 1.82) is 0 Å². The Balaban J connectivity index is 1.77. The summed E-state index contributed by atoms with van der Waals surface area (Å²) < 4.78 is 10.3. The fourth-order valence-corrected chi connectivity index (χ4v) is 1.99. The van der Waals surface area contributed by atoms with Crippen LogP contribution in [0.5, 0.6) is 0 Å². The Morgan fingerprint density at radius 1 is 0.875 bits per heavy atom. The summed E-state index contributed by atoms with van der Waals surface area (Å²) in [7, 11) is 0. The van der Waals surface area contributed by atoms with Crippen molar-refractivity contribution < 1.29 is 19.1 Å². The molecule has 0 aliphatic heterocycles. The smallest absolute Gasteiger partial charge is 0.408 e. The molecule has 0 aromatic heterocycles. The Bertz CT molecular complexity index is 643. The zero-order valence-electron chi connectivity index (χ0n) is 13.3. The van der Waals surface area contributed by atoms with Gasteiger partial charge in [0, 0.05) is 0 Å². The minimum atomic E-state index is -0.836. The molecule has 0 saturated heterocycles. The molecule has 2 aromatic rings. The lowest BCUT2D eigenvalue weighted by atomic mass is 10.2. The average Bonchev–Trinajstić information content (AvgIpc) is 2.64. The van der Waals surface area contributed by atoms with Crippen molar-refractivity contribution in [2.24, 2.45) is 0 Å². The van der Waals surface area contributed by atoms with Gasteiger partial charge in [0.25, 0.3) is 0 Å². The Morgan fingerprint density at radius 2 is 1.38 bits per heavy atom. The van der Waals surface area contributed by atoms with E-state index in [4.69, 9.17) is 9.47 Å². The van der Waals surface area contributed by atoms with Crippen LogP contribution in [0.4, 0.5) is 4.79 Å². The third-order valence-electron chi connectivity index (χ3n) is 3.30. The number of carbonyl (C=O) groups excluding carboxylic acids is 2. The molecule has 2 rings (SSSR count). The van der Waals surface area contributed by atoms with Gasteiger partial charge < -0.3 is 14.8 Å². The van der Waals surface area contributed by atoms with E-state index in [0.717, 1.165) is 11.1 Å². The first kappa shape index (κ1) is 17.5. The third-order valence-corrected chi connectivity index (χ3v) is 3.30. The van der Waals surface area contributed by atoms with E-state index in [1.807, 2.05) is 60.7 Å². The van der Waals surface area contributed by atoms with Gasteiger partial charge in [-0.25, -0.2) is 9.59 Å². The van der Waals surface area contributed by atoms with Crippen LogP contribution in [0.25, 0.3) is 0 Å². The topological polar surface area (TPSA) is 64.6 Å². The molecule has 0 spiro atoms. The maximum absolute atomic E-state index is 12.0. The molecule has 24 heavy (non-hydrogen) atoms. The van der Waals surface area contributed by atoms with Crippen LogP contribution in [0.1, 0.15) is 17.5 Å². The van der Waals surface area contributed by atoms with E-state index < -0.39 is 18.1 Å². The monoisotopic (exact) mass is 326 g/mol. The number of hydrogen-bond donors (Lipinski definition) is 1. The average molecular weight is 326 g/mol. The zero-order valence-corrected chi connectivity index (χ0v) is 13.3. The van der Waals surface area contributed by atoms with Gasteiger partial charge in [0.15, 0.2) is 0 Å². The second kappa shape index (κ2) is 9.35. The molecule has 1 unspecified atom stereocenters. The predicted octanol–water partition coefficient (Wildman–Crippen LogP) is 3.25. The maximum Gasteiger partial charge on any atom is 0.408 e. The summed E-state index contributed by atoms with van der Waals surface area (Å²) in [4.78, 5) is 23.8. The van der Waals surface area contributed by atoms with Gasteiger partial charge in [0.2, 0.25) is 0 Å². The number of alkyl carbamates (subject to hydrolysis) is 1. The highest BCUT2D eigenvalue weighted by Crippen LogP contribution is 2.05. The molecule has 0 aliphatic carbocycles. The molecule has 0 heterocycles. The molecule has 0 saturated carbocycles. The van der Waals surface area contributed by atoms with Crippen LogP contribution in [-0.2, 0) is 27.5 Å². The molecule has 5 nitrogen and oxygen atoms in total. The number of amides is 1. The molecule has 1 N–H and O–H groups in total. The number of benzene rings is 2. The minimum absolute atomic E-state index is 0.135. The van der Waals surface area contributed by atoms with E-state index in [-0.39, 0.29) is 19.6 Å². The van der Waals surface area contributed by atoms with Crippen LogP contribution in [0.2, 0.25) is 0 Å². The van der Waals surface area contributed by atoms with Gasteiger partial charge in [0.1, 0.15) is 19.3 Å². The van der Waals surface area contributed by atoms with Crippen molar-refractivity contribution in [2.75, 3.05) is 0 Å². The molecule has 0 fully saturated rings. The first-order valence-electron chi connectivity index (χ1n) is 7.66. The highest BCUT2D eigenvalue weighted by molar-refractivity contribution is 5.81. The molecular formula is C19H20NO4. The van der Waals surface area contributed by atoms with Gasteiger partial charge in [-0.2, -0.15) is 0 Å². The van der Waals surface area contributed by atoms with Gasteiger partial charge in [-0.05, 0) is 17.5 Å². The summed E-state index contributed by atoms with van der Waals surface area (Å²) in [5.41, 5.74) is 1.74. The Labute approximate surface area is 141 Å². The van der Waals surface area contributed by atoms with Crippen molar-refractivity contribution >= 4 is 12.1 Å². The molecule has 125 valence electrons.